The van der Waals surface area contributed by atoms with E-state index in [0.29, 0.717) is 0 Å². The molecule has 0 aliphatic carbocycles. The molecule has 2 nitrogen and oxygen atoms in total. The second-order valence-corrected chi connectivity index (χ2v) is 5.06. The van der Waals surface area contributed by atoms with Crippen molar-refractivity contribution < 1.29 is 9.84 Å². The molecule has 2 rings (SSSR count). The SMILES string of the molecule is CCC1OCCC1C(O)c1ccc(C)c(C)c1. The van der Waals surface area contributed by atoms with E-state index in [2.05, 4.69) is 32.9 Å². The molecule has 1 aromatic carbocycles. The highest BCUT2D eigenvalue weighted by Gasteiger charge is 2.33. The van der Waals surface area contributed by atoms with E-state index in [1.165, 1.54) is 11.1 Å². The fraction of sp³-hybridized carbons (Fsp3) is 0.600. The van der Waals surface area contributed by atoms with Crippen LogP contribution in [0.5, 0.6) is 0 Å². The Kier molecular flexibility index (Phi) is 3.85. The minimum Gasteiger partial charge on any atom is -0.388 e. The van der Waals surface area contributed by atoms with Crippen molar-refractivity contribution in [2.24, 2.45) is 5.92 Å². The lowest BCUT2D eigenvalue weighted by Crippen LogP contribution is -2.22. The second kappa shape index (κ2) is 5.19. The first-order valence-electron chi connectivity index (χ1n) is 6.50. The van der Waals surface area contributed by atoms with Crippen molar-refractivity contribution in [3.63, 3.8) is 0 Å². The predicted molar refractivity (Wildman–Crippen MR) is 69.0 cm³/mol. The highest BCUT2D eigenvalue weighted by Crippen LogP contribution is 2.35. The minimum atomic E-state index is -0.387. The molecule has 1 N–H and O–H groups in total. The fourth-order valence-corrected chi connectivity index (χ4v) is 2.64. The highest BCUT2D eigenvalue weighted by atomic mass is 16.5. The van der Waals surface area contributed by atoms with Crippen LogP contribution in [0.15, 0.2) is 18.2 Å². The third-order valence-corrected chi connectivity index (χ3v) is 3.94. The van der Waals surface area contributed by atoms with Crippen molar-refractivity contribution in [3.05, 3.63) is 34.9 Å². The molecule has 1 fully saturated rings. The van der Waals surface area contributed by atoms with Crippen molar-refractivity contribution >= 4 is 0 Å². The Balaban J connectivity index is 2.18. The third-order valence-electron chi connectivity index (χ3n) is 3.94. The lowest BCUT2D eigenvalue weighted by molar-refractivity contribution is 0.0307. The zero-order chi connectivity index (χ0) is 12.4. The lowest BCUT2D eigenvalue weighted by atomic mass is 9.88. The average Bonchev–Trinajstić information content (AvgIpc) is 2.80. The van der Waals surface area contributed by atoms with Gasteiger partial charge in [-0.05, 0) is 43.4 Å². The Labute approximate surface area is 104 Å². The summed E-state index contributed by atoms with van der Waals surface area (Å²) >= 11 is 0. The van der Waals surface area contributed by atoms with E-state index in [1.807, 2.05) is 6.07 Å². The zero-order valence-corrected chi connectivity index (χ0v) is 10.9. The Morgan fingerprint density at radius 2 is 2.12 bits per heavy atom. The first-order valence-corrected chi connectivity index (χ1v) is 6.50. The van der Waals surface area contributed by atoms with E-state index < -0.39 is 0 Å². The molecule has 0 amide bonds. The molecule has 0 spiro atoms. The van der Waals surface area contributed by atoms with Crippen molar-refractivity contribution in [1.82, 2.24) is 0 Å². The summed E-state index contributed by atoms with van der Waals surface area (Å²) in [6, 6.07) is 6.23. The summed E-state index contributed by atoms with van der Waals surface area (Å²) in [6.45, 7) is 7.09. The maximum absolute atomic E-state index is 10.5. The van der Waals surface area contributed by atoms with E-state index in [0.717, 1.165) is 25.0 Å². The summed E-state index contributed by atoms with van der Waals surface area (Å²) in [4.78, 5) is 0. The number of ether oxygens (including phenoxy) is 1. The molecule has 0 bridgehead atoms. The van der Waals surface area contributed by atoms with Crippen LogP contribution in [0.4, 0.5) is 0 Å². The Morgan fingerprint density at radius 3 is 2.76 bits per heavy atom. The first kappa shape index (κ1) is 12.6. The molecule has 1 aliphatic heterocycles. The van der Waals surface area contributed by atoms with Gasteiger partial charge in [0.2, 0.25) is 0 Å². The normalized spacial score (nSPS) is 26.1. The summed E-state index contributed by atoms with van der Waals surface area (Å²) in [6.07, 6.45) is 1.77. The van der Waals surface area contributed by atoms with Crippen LogP contribution >= 0.6 is 0 Å². The Bertz CT molecular complexity index is 387. The Morgan fingerprint density at radius 1 is 1.35 bits per heavy atom. The maximum Gasteiger partial charge on any atom is 0.0843 e. The Hall–Kier alpha value is -0.860. The van der Waals surface area contributed by atoms with Crippen LogP contribution in [0, 0.1) is 19.8 Å². The van der Waals surface area contributed by atoms with E-state index in [1.54, 1.807) is 0 Å². The van der Waals surface area contributed by atoms with Gasteiger partial charge in [0, 0.05) is 12.5 Å². The molecule has 94 valence electrons. The number of aliphatic hydroxyl groups is 1. The molecule has 1 aliphatic rings. The predicted octanol–water partition coefficient (Wildman–Crippen LogP) is 3.15. The molecule has 0 saturated carbocycles. The van der Waals surface area contributed by atoms with Gasteiger partial charge >= 0.3 is 0 Å². The molecular formula is C15H22O2. The first-order chi connectivity index (χ1) is 8.13. The largest absolute Gasteiger partial charge is 0.388 e. The van der Waals surface area contributed by atoms with Gasteiger partial charge < -0.3 is 9.84 Å². The molecule has 0 radical (unpaired) electrons. The summed E-state index contributed by atoms with van der Waals surface area (Å²) in [5, 5.41) is 10.5. The molecular weight excluding hydrogens is 212 g/mol. The number of aryl methyl sites for hydroxylation is 2. The summed E-state index contributed by atoms with van der Waals surface area (Å²) in [5.41, 5.74) is 3.55. The number of aliphatic hydroxyl groups excluding tert-OH is 1. The molecule has 3 unspecified atom stereocenters. The molecule has 0 aromatic heterocycles. The van der Waals surface area contributed by atoms with E-state index in [9.17, 15) is 5.11 Å². The van der Waals surface area contributed by atoms with Crippen molar-refractivity contribution in [2.45, 2.75) is 45.8 Å². The van der Waals surface area contributed by atoms with Crippen LogP contribution in [-0.2, 0) is 4.74 Å². The van der Waals surface area contributed by atoms with Gasteiger partial charge in [-0.3, -0.25) is 0 Å². The van der Waals surface area contributed by atoms with Gasteiger partial charge in [-0.2, -0.15) is 0 Å². The van der Waals surface area contributed by atoms with Crippen LogP contribution in [0.1, 0.15) is 42.6 Å². The van der Waals surface area contributed by atoms with Gasteiger partial charge in [-0.15, -0.1) is 0 Å². The molecule has 17 heavy (non-hydrogen) atoms. The summed E-state index contributed by atoms with van der Waals surface area (Å²) < 4.78 is 5.65. The van der Waals surface area contributed by atoms with Crippen molar-refractivity contribution in [3.8, 4) is 0 Å². The number of benzene rings is 1. The van der Waals surface area contributed by atoms with Gasteiger partial charge in [0.1, 0.15) is 0 Å². The second-order valence-electron chi connectivity index (χ2n) is 5.06. The smallest absolute Gasteiger partial charge is 0.0843 e. The molecule has 3 atom stereocenters. The number of hydrogen-bond donors (Lipinski definition) is 1. The third kappa shape index (κ3) is 2.53. The lowest BCUT2D eigenvalue weighted by Gasteiger charge is -2.23. The summed E-state index contributed by atoms with van der Waals surface area (Å²) in [5.74, 6) is 0.252. The van der Waals surface area contributed by atoms with E-state index in [4.69, 9.17) is 4.74 Å². The molecule has 1 heterocycles. The molecule has 1 aromatic rings. The van der Waals surface area contributed by atoms with Crippen LogP contribution < -0.4 is 0 Å². The number of hydrogen-bond acceptors (Lipinski definition) is 2. The zero-order valence-electron chi connectivity index (χ0n) is 10.9. The van der Waals surface area contributed by atoms with Gasteiger partial charge in [-0.1, -0.05) is 25.1 Å². The molecule has 1 saturated heterocycles. The van der Waals surface area contributed by atoms with Crippen LogP contribution in [0.25, 0.3) is 0 Å². The summed E-state index contributed by atoms with van der Waals surface area (Å²) in [7, 11) is 0. The van der Waals surface area contributed by atoms with Crippen LogP contribution in [-0.4, -0.2) is 17.8 Å². The van der Waals surface area contributed by atoms with Crippen molar-refractivity contribution in [1.29, 1.82) is 0 Å². The van der Waals surface area contributed by atoms with Gasteiger partial charge in [-0.25, -0.2) is 0 Å². The monoisotopic (exact) mass is 234 g/mol. The van der Waals surface area contributed by atoms with Gasteiger partial charge in [0.25, 0.3) is 0 Å². The standard InChI is InChI=1S/C15H22O2/c1-4-14-13(7-8-17-14)15(16)12-6-5-10(2)11(3)9-12/h5-6,9,13-16H,4,7-8H2,1-3H3. The quantitative estimate of drug-likeness (QED) is 0.870. The minimum absolute atomic E-state index is 0.214. The van der Waals surface area contributed by atoms with Crippen molar-refractivity contribution in [2.75, 3.05) is 6.61 Å². The highest BCUT2D eigenvalue weighted by molar-refractivity contribution is 5.31. The van der Waals surface area contributed by atoms with Crippen LogP contribution in [0.3, 0.4) is 0 Å². The number of rotatable bonds is 3. The van der Waals surface area contributed by atoms with Crippen LogP contribution in [0.2, 0.25) is 0 Å². The van der Waals surface area contributed by atoms with E-state index >= 15 is 0 Å². The molecule has 2 heteroatoms. The average molecular weight is 234 g/mol. The van der Waals surface area contributed by atoms with E-state index in [-0.39, 0.29) is 18.1 Å². The maximum atomic E-state index is 10.5. The van der Waals surface area contributed by atoms with Gasteiger partial charge in [0.15, 0.2) is 0 Å². The van der Waals surface area contributed by atoms with Gasteiger partial charge in [0.05, 0.1) is 12.2 Å². The topological polar surface area (TPSA) is 29.5 Å². The fourth-order valence-electron chi connectivity index (χ4n) is 2.64.